The summed E-state index contributed by atoms with van der Waals surface area (Å²) in [4.78, 5) is 0. The van der Waals surface area contributed by atoms with Gasteiger partial charge in [0.15, 0.2) is 0 Å². The van der Waals surface area contributed by atoms with E-state index in [1.807, 2.05) is 0 Å². The van der Waals surface area contributed by atoms with Crippen LogP contribution in [0.3, 0.4) is 0 Å². The second-order valence-electron chi connectivity index (χ2n) is 9.30. The van der Waals surface area contributed by atoms with Gasteiger partial charge >= 0.3 is 0 Å². The topological polar surface area (TPSA) is 60.7 Å². The average Bonchev–Trinajstić information content (AvgIpc) is 2.49. The molecule has 3 nitrogen and oxygen atoms in total. The Hall–Kier alpha value is -0.380. The summed E-state index contributed by atoms with van der Waals surface area (Å²) < 4.78 is 0. The summed E-state index contributed by atoms with van der Waals surface area (Å²) in [5.74, 6) is 1.32. The fourth-order valence-corrected chi connectivity index (χ4v) is 6.94. The third-order valence-electron chi connectivity index (χ3n) is 8.20. The van der Waals surface area contributed by atoms with Gasteiger partial charge in [-0.25, -0.2) is 0 Å². The molecule has 3 N–H and O–H groups in total. The Morgan fingerprint density at radius 2 is 1.87 bits per heavy atom. The van der Waals surface area contributed by atoms with E-state index in [2.05, 4.69) is 19.9 Å². The number of aliphatic hydroxyl groups is 3. The molecule has 0 radical (unpaired) electrons. The lowest BCUT2D eigenvalue weighted by Gasteiger charge is -2.62. The third-order valence-corrected chi connectivity index (χ3v) is 8.20. The van der Waals surface area contributed by atoms with Gasteiger partial charge < -0.3 is 15.3 Å². The monoisotopic (exact) mass is 320 g/mol. The molecule has 3 heteroatoms. The number of aliphatic hydroxyl groups excluding tert-OH is 3. The molecule has 23 heavy (non-hydrogen) atoms. The summed E-state index contributed by atoms with van der Waals surface area (Å²) >= 11 is 0. The second-order valence-corrected chi connectivity index (χ2v) is 9.30. The highest BCUT2D eigenvalue weighted by Gasteiger charge is 2.60. The zero-order valence-electron chi connectivity index (χ0n) is 14.5. The molecule has 0 aliphatic heterocycles. The lowest BCUT2D eigenvalue weighted by molar-refractivity contribution is -0.174. The highest BCUT2D eigenvalue weighted by molar-refractivity contribution is 5.26. The van der Waals surface area contributed by atoms with Crippen LogP contribution in [0.5, 0.6) is 0 Å². The Morgan fingerprint density at radius 3 is 2.65 bits per heavy atom. The predicted octanol–water partition coefficient (Wildman–Crippen LogP) is 3.03. The fourth-order valence-electron chi connectivity index (χ4n) is 6.94. The van der Waals surface area contributed by atoms with Crippen molar-refractivity contribution in [3.63, 3.8) is 0 Å². The van der Waals surface area contributed by atoms with Crippen LogP contribution in [-0.2, 0) is 0 Å². The molecule has 130 valence electrons. The molecule has 0 aromatic carbocycles. The molecular weight excluding hydrogens is 288 g/mol. The van der Waals surface area contributed by atoms with Crippen LogP contribution in [0.15, 0.2) is 11.6 Å². The molecule has 0 heterocycles. The minimum atomic E-state index is -0.321. The van der Waals surface area contributed by atoms with Crippen molar-refractivity contribution < 1.29 is 15.3 Å². The standard InChI is InChI=1S/C20H32O3/c1-19-9-8-13(21)10-12(19)6-7-14-15-4-3-5-17(23)20(15,2)11-16(22)18(14)19/h6,13-18,21-23H,3-5,7-11H2,1-2H3/t13-,14?,15?,16-,17-,18?,19-,20-/m0/s1. The summed E-state index contributed by atoms with van der Waals surface area (Å²) in [6.07, 6.45) is 9.20. The van der Waals surface area contributed by atoms with E-state index in [9.17, 15) is 15.3 Å². The zero-order chi connectivity index (χ0) is 16.4. The third kappa shape index (κ3) is 2.19. The summed E-state index contributed by atoms with van der Waals surface area (Å²) in [6, 6.07) is 0. The van der Waals surface area contributed by atoms with E-state index in [0.717, 1.165) is 44.9 Å². The molecular formula is C20H32O3. The molecule has 4 aliphatic carbocycles. The highest BCUT2D eigenvalue weighted by Crippen LogP contribution is 2.63. The van der Waals surface area contributed by atoms with Gasteiger partial charge in [0.25, 0.3) is 0 Å². The molecule has 0 aromatic rings. The van der Waals surface area contributed by atoms with Crippen molar-refractivity contribution in [2.75, 3.05) is 0 Å². The number of rotatable bonds is 0. The van der Waals surface area contributed by atoms with Gasteiger partial charge in [0, 0.05) is 0 Å². The lowest BCUT2D eigenvalue weighted by Crippen LogP contribution is -2.60. The molecule has 4 rings (SSSR count). The van der Waals surface area contributed by atoms with E-state index in [-0.39, 0.29) is 29.1 Å². The minimum absolute atomic E-state index is 0.0469. The Bertz CT molecular complexity index is 515. The smallest absolute Gasteiger partial charge is 0.0597 e. The van der Waals surface area contributed by atoms with Gasteiger partial charge in [0.1, 0.15) is 0 Å². The average molecular weight is 320 g/mol. The van der Waals surface area contributed by atoms with Crippen LogP contribution in [-0.4, -0.2) is 33.6 Å². The van der Waals surface area contributed by atoms with Gasteiger partial charge in [-0.3, -0.25) is 0 Å². The van der Waals surface area contributed by atoms with Crippen molar-refractivity contribution in [2.24, 2.45) is 28.6 Å². The van der Waals surface area contributed by atoms with E-state index in [4.69, 9.17) is 0 Å². The number of hydrogen-bond acceptors (Lipinski definition) is 3. The van der Waals surface area contributed by atoms with Gasteiger partial charge in [-0.2, -0.15) is 0 Å². The van der Waals surface area contributed by atoms with Crippen molar-refractivity contribution in [3.05, 3.63) is 11.6 Å². The quantitative estimate of drug-likeness (QED) is 0.601. The zero-order valence-corrected chi connectivity index (χ0v) is 14.5. The van der Waals surface area contributed by atoms with Crippen LogP contribution in [0, 0.1) is 28.6 Å². The summed E-state index contributed by atoms with van der Waals surface area (Å²) in [7, 11) is 0. The van der Waals surface area contributed by atoms with Crippen LogP contribution < -0.4 is 0 Å². The van der Waals surface area contributed by atoms with Crippen LogP contribution in [0.1, 0.15) is 65.2 Å². The largest absolute Gasteiger partial charge is 0.393 e. The molecule has 0 aromatic heterocycles. The van der Waals surface area contributed by atoms with Gasteiger partial charge in [0.05, 0.1) is 18.3 Å². The lowest BCUT2D eigenvalue weighted by atomic mass is 9.44. The van der Waals surface area contributed by atoms with Gasteiger partial charge in [-0.1, -0.05) is 31.9 Å². The van der Waals surface area contributed by atoms with Crippen molar-refractivity contribution >= 4 is 0 Å². The predicted molar refractivity (Wildman–Crippen MR) is 89.7 cm³/mol. The maximum Gasteiger partial charge on any atom is 0.0597 e. The van der Waals surface area contributed by atoms with E-state index in [0.29, 0.717) is 17.8 Å². The Morgan fingerprint density at radius 1 is 1.09 bits per heavy atom. The minimum Gasteiger partial charge on any atom is -0.393 e. The molecule has 3 saturated carbocycles. The fraction of sp³-hybridized carbons (Fsp3) is 0.900. The summed E-state index contributed by atoms with van der Waals surface area (Å²) in [6.45, 7) is 4.54. The van der Waals surface area contributed by atoms with Crippen LogP contribution in [0.2, 0.25) is 0 Å². The Balaban J connectivity index is 1.72. The molecule has 4 aliphatic rings. The Labute approximate surface area is 139 Å². The van der Waals surface area contributed by atoms with E-state index in [1.54, 1.807) is 0 Å². The van der Waals surface area contributed by atoms with Gasteiger partial charge in [0.2, 0.25) is 0 Å². The molecule has 3 unspecified atom stereocenters. The first-order chi connectivity index (χ1) is 10.9. The first kappa shape index (κ1) is 16.1. The summed E-state index contributed by atoms with van der Waals surface area (Å²) in [5, 5.41) is 31.8. The van der Waals surface area contributed by atoms with Gasteiger partial charge in [-0.05, 0) is 73.5 Å². The van der Waals surface area contributed by atoms with Crippen LogP contribution in [0.4, 0.5) is 0 Å². The van der Waals surface area contributed by atoms with E-state index in [1.165, 1.54) is 12.0 Å². The van der Waals surface area contributed by atoms with Crippen molar-refractivity contribution in [2.45, 2.75) is 83.5 Å². The van der Waals surface area contributed by atoms with Crippen molar-refractivity contribution in [1.82, 2.24) is 0 Å². The molecule has 0 amide bonds. The van der Waals surface area contributed by atoms with Crippen LogP contribution in [0.25, 0.3) is 0 Å². The van der Waals surface area contributed by atoms with Crippen LogP contribution >= 0.6 is 0 Å². The molecule has 3 fully saturated rings. The SMILES string of the molecule is C[C@]12CC[C@H](O)CC1=CCC1C2[C@@H](O)C[C@@]2(C)C1CCC[C@@H]2O. The summed E-state index contributed by atoms with van der Waals surface area (Å²) in [5.41, 5.74) is 1.32. The van der Waals surface area contributed by atoms with Crippen molar-refractivity contribution in [1.29, 1.82) is 0 Å². The first-order valence-corrected chi connectivity index (χ1v) is 9.60. The molecule has 0 bridgehead atoms. The normalized spacial score (nSPS) is 56.1. The maximum absolute atomic E-state index is 11.1. The highest BCUT2D eigenvalue weighted by atomic mass is 16.3. The van der Waals surface area contributed by atoms with Crippen molar-refractivity contribution in [3.8, 4) is 0 Å². The van der Waals surface area contributed by atoms with Gasteiger partial charge in [-0.15, -0.1) is 0 Å². The first-order valence-electron chi connectivity index (χ1n) is 9.60. The molecule has 0 saturated heterocycles. The Kier molecular flexibility index (Phi) is 3.72. The molecule has 0 spiro atoms. The number of fused-ring (bicyclic) bond motifs is 5. The maximum atomic E-state index is 11.1. The number of allylic oxidation sites excluding steroid dienone is 1. The molecule has 8 atom stereocenters. The second kappa shape index (κ2) is 5.31. The number of hydrogen-bond donors (Lipinski definition) is 3. The van der Waals surface area contributed by atoms with E-state index >= 15 is 0 Å². The van der Waals surface area contributed by atoms with E-state index < -0.39 is 0 Å².